The average Bonchev–Trinajstić information content (AvgIpc) is 2.96. The summed E-state index contributed by atoms with van der Waals surface area (Å²) < 4.78 is 30.9. The number of rotatable bonds is 5. The van der Waals surface area contributed by atoms with Crippen LogP contribution in [-0.2, 0) is 11.0 Å². The quantitative estimate of drug-likeness (QED) is 0.648. The molecule has 0 amide bonds. The van der Waals surface area contributed by atoms with Crippen molar-refractivity contribution < 1.29 is 28.6 Å². The number of aryl methyl sites for hydroxylation is 2. The Kier molecular flexibility index (Phi) is 5.35. The lowest BCUT2D eigenvalue weighted by atomic mass is 9.87. The summed E-state index contributed by atoms with van der Waals surface area (Å²) in [5, 5.41) is 10.0. The molecule has 0 fully saturated rings. The van der Waals surface area contributed by atoms with Gasteiger partial charge in [-0.3, -0.25) is 4.57 Å². The number of hydrogen-bond donors (Lipinski definition) is 3. The van der Waals surface area contributed by atoms with E-state index in [2.05, 4.69) is 0 Å². The molecule has 2 aromatic rings. The van der Waals surface area contributed by atoms with Crippen LogP contribution in [-0.4, -0.2) is 21.2 Å². The number of aromatic hydroxyl groups is 1. The van der Waals surface area contributed by atoms with Crippen molar-refractivity contribution in [2.24, 2.45) is 0 Å². The summed E-state index contributed by atoms with van der Waals surface area (Å²) in [7, 11) is -4.25. The summed E-state index contributed by atoms with van der Waals surface area (Å²) in [6.07, 6.45) is 0.793. The predicted octanol–water partition coefficient (Wildman–Crippen LogP) is 4.56. The fourth-order valence-corrected chi connectivity index (χ4v) is 4.18. The van der Waals surface area contributed by atoms with Gasteiger partial charge in [-0.2, -0.15) is 0 Å². The van der Waals surface area contributed by atoms with Crippen molar-refractivity contribution in [2.75, 3.05) is 6.35 Å². The van der Waals surface area contributed by atoms with Crippen LogP contribution in [0.2, 0.25) is 0 Å². The molecule has 3 N–H and O–H groups in total. The molecule has 5 nitrogen and oxygen atoms in total. The van der Waals surface area contributed by atoms with Gasteiger partial charge in [0.25, 0.3) is 0 Å². The summed E-state index contributed by atoms with van der Waals surface area (Å²) in [4.78, 5) is 18.0. The van der Waals surface area contributed by atoms with Crippen LogP contribution in [0.5, 0.6) is 11.5 Å². The van der Waals surface area contributed by atoms with E-state index >= 15 is 0 Å². The highest BCUT2D eigenvalue weighted by atomic mass is 31.2. The lowest BCUT2D eigenvalue weighted by molar-refractivity contribution is 0.300. The molecule has 0 aromatic heterocycles. The van der Waals surface area contributed by atoms with Crippen LogP contribution in [0.1, 0.15) is 59.9 Å². The van der Waals surface area contributed by atoms with Crippen LogP contribution >= 0.6 is 7.60 Å². The van der Waals surface area contributed by atoms with E-state index in [-0.39, 0.29) is 17.6 Å². The normalized spacial score (nSPS) is 16.6. The van der Waals surface area contributed by atoms with Crippen LogP contribution in [0.15, 0.2) is 24.3 Å². The fourth-order valence-electron chi connectivity index (χ4n) is 3.86. The molecule has 2 aromatic carbocycles. The minimum atomic E-state index is -4.25. The first kappa shape index (κ1) is 19.9. The second-order valence-corrected chi connectivity index (χ2v) is 9.02. The standard InChI is InChI=1S/C20H24FO5P/c1-11(2)16-8-17(18(21)9-19(16)22)15-5-4-13-7-14(6-12(3)20(13)15)26-10-27(23,24)25/h6-9,11,15,22H,4-5,10H2,1-3H3,(H2,23,24,25)/t15-/m0/s1. The molecule has 1 aliphatic rings. The van der Waals surface area contributed by atoms with E-state index in [1.54, 1.807) is 18.2 Å². The molecule has 7 heteroatoms. The number of benzene rings is 2. The van der Waals surface area contributed by atoms with E-state index in [4.69, 9.17) is 14.5 Å². The van der Waals surface area contributed by atoms with E-state index in [1.165, 1.54) is 6.07 Å². The van der Waals surface area contributed by atoms with Gasteiger partial charge in [-0.15, -0.1) is 0 Å². The molecular formula is C20H24FO5P. The molecule has 0 saturated carbocycles. The number of halogens is 1. The fraction of sp³-hybridized carbons (Fsp3) is 0.400. The zero-order chi connectivity index (χ0) is 19.9. The van der Waals surface area contributed by atoms with Crippen molar-refractivity contribution in [3.05, 3.63) is 57.9 Å². The van der Waals surface area contributed by atoms with Gasteiger partial charge in [-0.25, -0.2) is 4.39 Å². The Bertz CT molecular complexity index is 919. The zero-order valence-corrected chi connectivity index (χ0v) is 16.5. The third kappa shape index (κ3) is 4.18. The van der Waals surface area contributed by atoms with Gasteiger partial charge in [0.2, 0.25) is 0 Å². The molecule has 27 heavy (non-hydrogen) atoms. The first-order valence-corrected chi connectivity index (χ1v) is 10.7. The molecule has 0 aliphatic heterocycles. The highest BCUT2D eigenvalue weighted by Gasteiger charge is 2.30. The monoisotopic (exact) mass is 394 g/mol. The van der Waals surface area contributed by atoms with Crippen LogP contribution in [0, 0.1) is 12.7 Å². The molecule has 0 saturated heterocycles. The summed E-state index contributed by atoms with van der Waals surface area (Å²) >= 11 is 0. The number of fused-ring (bicyclic) bond motifs is 1. The molecule has 0 radical (unpaired) electrons. The molecule has 1 atom stereocenters. The average molecular weight is 394 g/mol. The summed E-state index contributed by atoms with van der Waals surface area (Å²) in [6, 6.07) is 6.45. The third-order valence-corrected chi connectivity index (χ3v) is 5.51. The van der Waals surface area contributed by atoms with Crippen molar-refractivity contribution in [2.45, 2.75) is 45.4 Å². The number of phenols is 1. The van der Waals surface area contributed by atoms with E-state index < -0.39 is 19.8 Å². The van der Waals surface area contributed by atoms with Gasteiger partial charge >= 0.3 is 7.60 Å². The lowest BCUT2D eigenvalue weighted by Crippen LogP contribution is -2.05. The number of phenolic OH excluding ortho intramolecular Hbond substituents is 1. The first-order valence-electron chi connectivity index (χ1n) is 8.90. The van der Waals surface area contributed by atoms with Gasteiger partial charge in [-0.1, -0.05) is 13.8 Å². The summed E-state index contributed by atoms with van der Waals surface area (Å²) in [5.41, 5.74) is 4.22. The Hall–Kier alpha value is -1.88. The van der Waals surface area contributed by atoms with Crippen LogP contribution in [0.3, 0.4) is 0 Å². The van der Waals surface area contributed by atoms with E-state index in [0.717, 1.165) is 35.1 Å². The molecule has 3 rings (SSSR count). The maximum Gasteiger partial charge on any atom is 0.362 e. The largest absolute Gasteiger partial charge is 0.508 e. The smallest absolute Gasteiger partial charge is 0.362 e. The second kappa shape index (κ2) is 7.27. The topological polar surface area (TPSA) is 87.0 Å². The molecule has 0 heterocycles. The van der Waals surface area contributed by atoms with E-state index in [0.29, 0.717) is 11.3 Å². The predicted molar refractivity (Wildman–Crippen MR) is 101 cm³/mol. The summed E-state index contributed by atoms with van der Waals surface area (Å²) in [5.74, 6) is -0.0775. The molecule has 0 bridgehead atoms. The first-order chi connectivity index (χ1) is 12.6. The van der Waals surface area contributed by atoms with Crippen LogP contribution < -0.4 is 4.74 Å². The Labute approximate surface area is 158 Å². The van der Waals surface area contributed by atoms with Crippen LogP contribution in [0.4, 0.5) is 4.39 Å². The maximum atomic E-state index is 14.6. The van der Waals surface area contributed by atoms with Gasteiger partial charge in [0.1, 0.15) is 17.3 Å². The van der Waals surface area contributed by atoms with Crippen LogP contribution in [0.25, 0.3) is 0 Å². The minimum Gasteiger partial charge on any atom is -0.508 e. The van der Waals surface area contributed by atoms with Crippen molar-refractivity contribution in [1.29, 1.82) is 0 Å². The van der Waals surface area contributed by atoms with Crippen molar-refractivity contribution in [3.8, 4) is 11.5 Å². The van der Waals surface area contributed by atoms with Gasteiger partial charge in [0, 0.05) is 12.0 Å². The zero-order valence-electron chi connectivity index (χ0n) is 15.6. The van der Waals surface area contributed by atoms with Gasteiger partial charge in [-0.05, 0) is 71.7 Å². The molecule has 146 valence electrons. The number of hydrogen-bond acceptors (Lipinski definition) is 3. The second-order valence-electron chi connectivity index (χ2n) is 7.43. The Morgan fingerprint density at radius 2 is 1.96 bits per heavy atom. The van der Waals surface area contributed by atoms with Gasteiger partial charge < -0.3 is 19.6 Å². The SMILES string of the molecule is Cc1cc(OCP(=O)(O)O)cc2c1[C@H](c1cc(C(C)C)c(O)cc1F)CC2. The number of ether oxygens (including phenoxy) is 1. The maximum absolute atomic E-state index is 14.6. The third-order valence-electron chi connectivity index (χ3n) is 5.04. The van der Waals surface area contributed by atoms with Gasteiger partial charge in [0.05, 0.1) is 0 Å². The highest BCUT2D eigenvalue weighted by Crippen LogP contribution is 2.45. The van der Waals surface area contributed by atoms with Crippen molar-refractivity contribution >= 4 is 7.60 Å². The molecule has 0 unspecified atom stereocenters. The minimum absolute atomic E-state index is 0.0256. The Morgan fingerprint density at radius 1 is 1.26 bits per heavy atom. The van der Waals surface area contributed by atoms with Gasteiger partial charge in [0.15, 0.2) is 6.35 Å². The lowest BCUT2D eigenvalue weighted by Gasteiger charge is -2.19. The van der Waals surface area contributed by atoms with E-state index in [9.17, 15) is 14.1 Å². The molecule has 0 spiro atoms. The molecule has 1 aliphatic carbocycles. The van der Waals surface area contributed by atoms with Crippen molar-refractivity contribution in [1.82, 2.24) is 0 Å². The van der Waals surface area contributed by atoms with E-state index in [1.807, 2.05) is 20.8 Å². The highest BCUT2D eigenvalue weighted by molar-refractivity contribution is 7.51. The van der Waals surface area contributed by atoms with Crippen molar-refractivity contribution in [3.63, 3.8) is 0 Å². The summed E-state index contributed by atoms with van der Waals surface area (Å²) in [6.45, 7) is 5.80. The molecular weight excluding hydrogens is 370 g/mol. The Balaban J connectivity index is 1.98. The Morgan fingerprint density at radius 3 is 2.59 bits per heavy atom.